The molecule has 28 heavy (non-hydrogen) atoms. The van der Waals surface area contributed by atoms with Gasteiger partial charge in [-0.05, 0) is 48.5 Å². The molecule has 1 fully saturated rings. The van der Waals surface area contributed by atoms with Crippen LogP contribution < -0.4 is 10.2 Å². The maximum atomic E-state index is 12.4. The van der Waals surface area contributed by atoms with Crippen LogP contribution in [0.25, 0.3) is 0 Å². The molecule has 1 saturated heterocycles. The molecule has 0 radical (unpaired) electrons. The number of aromatic nitrogens is 2. The zero-order valence-corrected chi connectivity index (χ0v) is 18.8. The predicted molar refractivity (Wildman–Crippen MR) is 108 cm³/mol. The van der Waals surface area contributed by atoms with E-state index in [2.05, 4.69) is 5.10 Å². The van der Waals surface area contributed by atoms with Crippen molar-refractivity contribution >= 4 is 18.7 Å². The van der Waals surface area contributed by atoms with Gasteiger partial charge in [-0.2, -0.15) is 0 Å². The lowest BCUT2D eigenvalue weighted by atomic mass is 9.81. The summed E-state index contributed by atoms with van der Waals surface area (Å²) in [5.41, 5.74) is -0.829. The third kappa shape index (κ3) is 4.81. The molecule has 158 valence electrons. The fourth-order valence-electron chi connectivity index (χ4n) is 2.73. The minimum atomic E-state index is -0.599. The van der Waals surface area contributed by atoms with Crippen molar-refractivity contribution in [3.05, 3.63) is 6.20 Å². The van der Waals surface area contributed by atoms with Gasteiger partial charge < -0.3 is 18.8 Å². The number of hydrogen-bond acceptors (Lipinski definition) is 6. The summed E-state index contributed by atoms with van der Waals surface area (Å²) in [6.07, 6.45) is 1.39. The fraction of sp³-hybridized carbons (Fsp3) is 0.789. The minimum Gasteiger partial charge on any atom is -0.453 e. The first-order valence-electron chi connectivity index (χ1n) is 9.68. The second-order valence-electron chi connectivity index (χ2n) is 9.22. The highest BCUT2D eigenvalue weighted by molar-refractivity contribution is 6.63. The van der Waals surface area contributed by atoms with Gasteiger partial charge in [-0.15, -0.1) is 5.10 Å². The molecule has 0 saturated carbocycles. The Morgan fingerprint density at radius 3 is 2.29 bits per heavy atom. The Morgan fingerprint density at radius 2 is 1.82 bits per heavy atom. The van der Waals surface area contributed by atoms with Gasteiger partial charge in [0.1, 0.15) is 5.60 Å². The van der Waals surface area contributed by atoms with Gasteiger partial charge in [-0.25, -0.2) is 4.79 Å². The van der Waals surface area contributed by atoms with Crippen LogP contribution in [0.2, 0.25) is 0 Å². The van der Waals surface area contributed by atoms with Gasteiger partial charge >= 0.3 is 13.2 Å². The van der Waals surface area contributed by atoms with Gasteiger partial charge in [0.05, 0.1) is 16.7 Å². The molecule has 8 nitrogen and oxygen atoms in total. The maximum absolute atomic E-state index is 12.4. The molecule has 2 rings (SSSR count). The highest BCUT2D eigenvalue weighted by Gasteiger charge is 2.53. The van der Waals surface area contributed by atoms with Crippen molar-refractivity contribution in [2.75, 3.05) is 7.05 Å². The smallest absolute Gasteiger partial charge is 0.453 e. The maximum Gasteiger partial charge on any atom is 0.502 e. The molecule has 1 aromatic rings. The van der Waals surface area contributed by atoms with Crippen LogP contribution in [0.4, 0.5) is 4.79 Å². The molecular weight excluding hydrogens is 361 g/mol. The van der Waals surface area contributed by atoms with Crippen molar-refractivity contribution in [3.8, 4) is 5.88 Å². The van der Waals surface area contributed by atoms with Crippen LogP contribution in [0.5, 0.6) is 5.88 Å². The number of rotatable bonds is 5. The average Bonchev–Trinajstić information content (AvgIpc) is 2.99. The van der Waals surface area contributed by atoms with E-state index in [0.29, 0.717) is 17.8 Å². The summed E-state index contributed by atoms with van der Waals surface area (Å²) in [5.74, 6) is 0.378. The Hall–Kier alpha value is -1.74. The lowest BCUT2D eigenvalue weighted by molar-refractivity contribution is -0.0127. The summed E-state index contributed by atoms with van der Waals surface area (Å²) in [6, 6.07) is 0. The second-order valence-corrected chi connectivity index (χ2v) is 9.22. The van der Waals surface area contributed by atoms with Crippen LogP contribution in [0, 0.1) is 0 Å². The van der Waals surface area contributed by atoms with E-state index >= 15 is 0 Å². The van der Waals surface area contributed by atoms with Crippen LogP contribution in [0.15, 0.2) is 6.20 Å². The van der Waals surface area contributed by atoms with Crippen molar-refractivity contribution in [2.24, 2.45) is 7.05 Å². The second kappa shape index (κ2) is 7.59. The summed E-state index contributed by atoms with van der Waals surface area (Å²) >= 11 is 0. The lowest BCUT2D eigenvalue weighted by Crippen LogP contribution is -2.44. The van der Waals surface area contributed by atoms with Gasteiger partial charge in [-0.3, -0.25) is 9.58 Å². The summed E-state index contributed by atoms with van der Waals surface area (Å²) in [7, 11) is 2.86. The molecule has 2 heterocycles. The number of amides is 1. The summed E-state index contributed by atoms with van der Waals surface area (Å²) in [6.45, 7) is 15.4. The Morgan fingerprint density at radius 1 is 1.29 bits per heavy atom. The number of ether oxygens (including phenoxy) is 2. The normalized spacial score (nSPS) is 19.4. The van der Waals surface area contributed by atoms with E-state index in [1.807, 2.05) is 61.6 Å². The molecule has 0 N–H and O–H groups in total. The predicted octanol–water partition coefficient (Wildman–Crippen LogP) is 2.70. The average molecular weight is 395 g/mol. The van der Waals surface area contributed by atoms with Crippen LogP contribution >= 0.6 is 0 Å². The number of carbonyl (C=O) groups excluding carboxylic acids is 1. The van der Waals surface area contributed by atoms with E-state index in [0.717, 1.165) is 0 Å². The minimum absolute atomic E-state index is 0.378. The molecule has 9 heteroatoms. The highest BCUT2D eigenvalue weighted by atomic mass is 16.7. The van der Waals surface area contributed by atoms with Gasteiger partial charge in [0, 0.05) is 26.7 Å². The van der Waals surface area contributed by atoms with E-state index in [1.54, 1.807) is 18.8 Å². The van der Waals surface area contributed by atoms with Gasteiger partial charge in [0.2, 0.25) is 5.88 Å². The first-order valence-corrected chi connectivity index (χ1v) is 9.68. The van der Waals surface area contributed by atoms with Crippen molar-refractivity contribution in [2.45, 2.75) is 84.8 Å². The molecule has 1 aliphatic heterocycles. The number of nitrogens with zero attached hydrogens (tertiary/aromatic N) is 3. The van der Waals surface area contributed by atoms with E-state index in [1.165, 1.54) is 4.90 Å². The zero-order chi connectivity index (χ0) is 21.5. The van der Waals surface area contributed by atoms with Crippen molar-refractivity contribution in [1.82, 2.24) is 14.7 Å². The zero-order valence-electron chi connectivity index (χ0n) is 18.8. The van der Waals surface area contributed by atoms with Crippen LogP contribution in [0.3, 0.4) is 0 Å². The van der Waals surface area contributed by atoms with Crippen molar-refractivity contribution in [1.29, 1.82) is 0 Å². The molecule has 0 spiro atoms. The Balaban J connectivity index is 2.21. The van der Waals surface area contributed by atoms with Gasteiger partial charge in [0.15, 0.2) is 6.23 Å². The lowest BCUT2D eigenvalue weighted by Gasteiger charge is -2.32. The Kier molecular flexibility index (Phi) is 6.12. The molecule has 1 aliphatic rings. The first-order chi connectivity index (χ1) is 12.7. The highest BCUT2D eigenvalue weighted by Crippen LogP contribution is 2.37. The Bertz CT molecular complexity index is 695. The monoisotopic (exact) mass is 395 g/mol. The number of carbonyl (C=O) groups is 1. The molecule has 0 aromatic carbocycles. The number of aryl methyl sites for hydroxylation is 1. The van der Waals surface area contributed by atoms with Gasteiger partial charge in [0.25, 0.3) is 0 Å². The van der Waals surface area contributed by atoms with Crippen LogP contribution in [0.1, 0.15) is 61.8 Å². The van der Waals surface area contributed by atoms with E-state index < -0.39 is 36.2 Å². The first kappa shape index (κ1) is 22.6. The third-order valence-electron chi connectivity index (χ3n) is 5.04. The van der Waals surface area contributed by atoms with E-state index in [-0.39, 0.29) is 0 Å². The summed E-state index contributed by atoms with van der Waals surface area (Å²) in [5, 5.41) is 4.41. The largest absolute Gasteiger partial charge is 0.502 e. The van der Waals surface area contributed by atoms with Crippen LogP contribution in [-0.2, 0) is 21.1 Å². The quantitative estimate of drug-likeness (QED) is 0.564. The molecule has 0 bridgehead atoms. The van der Waals surface area contributed by atoms with Crippen molar-refractivity contribution < 1.29 is 23.6 Å². The summed E-state index contributed by atoms with van der Waals surface area (Å²) in [4.78, 5) is 13.9. The molecule has 1 aromatic heterocycles. The fourth-order valence-corrected chi connectivity index (χ4v) is 2.73. The summed E-state index contributed by atoms with van der Waals surface area (Å²) < 4.78 is 25.5. The van der Waals surface area contributed by atoms with Gasteiger partial charge in [-0.1, -0.05) is 6.92 Å². The van der Waals surface area contributed by atoms with E-state index in [9.17, 15) is 4.79 Å². The molecular formula is C19H34BN3O5. The third-order valence-corrected chi connectivity index (χ3v) is 5.04. The topological polar surface area (TPSA) is 75.1 Å². The molecule has 0 aliphatic carbocycles. The molecule has 1 amide bonds. The SMILES string of the molecule is CCC(Oc1nn(C)cc1B1OC(C)(C)C(C)(C)O1)N(C)C(=O)OC(C)(C)C. The van der Waals surface area contributed by atoms with Crippen molar-refractivity contribution in [3.63, 3.8) is 0 Å². The molecule has 1 atom stereocenters. The van der Waals surface area contributed by atoms with Crippen LogP contribution in [-0.4, -0.2) is 58.0 Å². The molecule has 1 unspecified atom stereocenters. The van der Waals surface area contributed by atoms with E-state index in [4.69, 9.17) is 18.8 Å². The standard InChI is InChI=1S/C19H34BN3O5/c1-11-14(23(10)16(24)26-17(2,3)4)25-15-13(12-22(9)21-15)20-27-18(5,6)19(7,8)28-20/h12,14H,11H2,1-10H3. The Labute approximate surface area is 168 Å². The number of hydrogen-bond donors (Lipinski definition) is 0.